The standard InChI is InChI=1S/C38H50F4O/c1-3-5-6-7-31-19-23-34(38(42)36(31)40)30-16-20-32(21-17-30)43-24-25-8-10-27(11-9-25)28-12-14-29(15-13-28)33-22-18-26(4-2)35(39)37(33)41/h14,18-19,22-23,25,27-28,30,32H,3-13,15-17,20-21,24H2,1-2H3. The Hall–Kier alpha value is -2.14. The predicted octanol–water partition coefficient (Wildman–Crippen LogP) is 11.3. The molecule has 3 aliphatic carbocycles. The number of allylic oxidation sites excluding steroid dienone is 2. The molecule has 0 bridgehead atoms. The SMILES string of the molecule is CCCCCc1ccc(C2CCC(OCC3CCC(C4CC=C(c5ccc(CC)c(F)c5F)CC4)CC3)CC2)c(F)c1F. The Bertz CT molecular complexity index is 1240. The molecule has 236 valence electrons. The number of halogens is 4. The van der Waals surface area contributed by atoms with E-state index in [-0.39, 0.29) is 12.0 Å². The molecular weight excluding hydrogens is 548 g/mol. The summed E-state index contributed by atoms with van der Waals surface area (Å²) in [6.45, 7) is 4.75. The number of aryl methyl sites for hydroxylation is 2. The Morgan fingerprint density at radius 3 is 2.09 bits per heavy atom. The minimum absolute atomic E-state index is 0.0748. The van der Waals surface area contributed by atoms with Crippen LogP contribution in [-0.2, 0) is 17.6 Å². The van der Waals surface area contributed by atoms with E-state index in [1.165, 1.54) is 25.7 Å². The highest BCUT2D eigenvalue weighted by Gasteiger charge is 2.31. The van der Waals surface area contributed by atoms with Gasteiger partial charge in [0.1, 0.15) is 0 Å². The normalized spacial score (nSPS) is 26.4. The number of hydrogen-bond acceptors (Lipinski definition) is 1. The van der Waals surface area contributed by atoms with Crippen molar-refractivity contribution in [2.24, 2.45) is 17.8 Å². The lowest BCUT2D eigenvalue weighted by Gasteiger charge is -2.36. The van der Waals surface area contributed by atoms with E-state index in [4.69, 9.17) is 4.74 Å². The second kappa shape index (κ2) is 15.2. The Morgan fingerprint density at radius 2 is 1.42 bits per heavy atom. The number of hydrogen-bond donors (Lipinski definition) is 0. The van der Waals surface area contributed by atoms with Gasteiger partial charge < -0.3 is 4.74 Å². The molecule has 2 aromatic carbocycles. The van der Waals surface area contributed by atoms with E-state index in [0.717, 1.165) is 76.4 Å². The Morgan fingerprint density at radius 1 is 0.698 bits per heavy atom. The van der Waals surface area contributed by atoms with Crippen molar-refractivity contribution < 1.29 is 22.3 Å². The largest absolute Gasteiger partial charge is 0.378 e. The quantitative estimate of drug-likeness (QED) is 0.185. The predicted molar refractivity (Wildman–Crippen MR) is 167 cm³/mol. The highest BCUT2D eigenvalue weighted by atomic mass is 19.2. The zero-order valence-electron chi connectivity index (χ0n) is 26.2. The van der Waals surface area contributed by atoms with E-state index in [0.29, 0.717) is 52.8 Å². The van der Waals surface area contributed by atoms with E-state index in [2.05, 4.69) is 13.0 Å². The second-order valence-corrected chi connectivity index (χ2v) is 13.5. The Balaban J connectivity index is 1.03. The molecular formula is C38H50F4O. The fourth-order valence-electron chi connectivity index (χ4n) is 7.95. The molecule has 1 atom stereocenters. The van der Waals surface area contributed by atoms with Crippen LogP contribution in [0.15, 0.2) is 30.3 Å². The highest BCUT2D eigenvalue weighted by Crippen LogP contribution is 2.42. The molecule has 0 aliphatic heterocycles. The van der Waals surface area contributed by atoms with Gasteiger partial charge in [0, 0.05) is 12.2 Å². The van der Waals surface area contributed by atoms with E-state index in [1.807, 2.05) is 13.0 Å². The summed E-state index contributed by atoms with van der Waals surface area (Å²) < 4.78 is 65.0. The summed E-state index contributed by atoms with van der Waals surface area (Å²) in [5.41, 5.74) is 2.89. The number of unbranched alkanes of at least 4 members (excludes halogenated alkanes) is 2. The summed E-state index contributed by atoms with van der Waals surface area (Å²) in [7, 11) is 0. The fourth-order valence-corrected chi connectivity index (χ4v) is 7.95. The van der Waals surface area contributed by atoms with E-state index < -0.39 is 23.3 Å². The lowest BCUT2D eigenvalue weighted by molar-refractivity contribution is -0.00689. The van der Waals surface area contributed by atoms with Crippen LogP contribution >= 0.6 is 0 Å². The van der Waals surface area contributed by atoms with Gasteiger partial charge in [-0.3, -0.25) is 0 Å². The molecule has 0 spiro atoms. The van der Waals surface area contributed by atoms with E-state index in [9.17, 15) is 17.6 Å². The van der Waals surface area contributed by atoms with Crippen molar-refractivity contribution >= 4 is 5.57 Å². The molecule has 0 N–H and O–H groups in total. The molecule has 3 aliphatic rings. The van der Waals surface area contributed by atoms with Gasteiger partial charge in [-0.1, -0.05) is 57.0 Å². The molecule has 2 fully saturated rings. The van der Waals surface area contributed by atoms with Crippen molar-refractivity contribution in [3.63, 3.8) is 0 Å². The van der Waals surface area contributed by atoms with Crippen LogP contribution in [0.4, 0.5) is 17.6 Å². The minimum atomic E-state index is -0.691. The van der Waals surface area contributed by atoms with Crippen LogP contribution < -0.4 is 0 Å². The first-order valence-electron chi connectivity index (χ1n) is 17.1. The van der Waals surface area contributed by atoms with E-state index >= 15 is 0 Å². The maximum atomic E-state index is 14.9. The van der Waals surface area contributed by atoms with Gasteiger partial charge in [0.05, 0.1) is 6.10 Å². The molecule has 5 rings (SSSR count). The summed E-state index contributed by atoms with van der Waals surface area (Å²) in [5.74, 6) is -0.670. The molecule has 43 heavy (non-hydrogen) atoms. The monoisotopic (exact) mass is 598 g/mol. The smallest absolute Gasteiger partial charge is 0.166 e. The minimum Gasteiger partial charge on any atom is -0.378 e. The first-order valence-corrected chi connectivity index (χ1v) is 17.1. The first-order chi connectivity index (χ1) is 20.9. The third-order valence-electron chi connectivity index (χ3n) is 10.8. The van der Waals surface area contributed by atoms with Gasteiger partial charge in [-0.05, 0) is 136 Å². The maximum Gasteiger partial charge on any atom is 0.166 e. The van der Waals surface area contributed by atoms with Crippen LogP contribution in [0, 0.1) is 41.0 Å². The third-order valence-corrected chi connectivity index (χ3v) is 10.8. The Kier molecular flexibility index (Phi) is 11.4. The van der Waals surface area contributed by atoms with Crippen LogP contribution in [-0.4, -0.2) is 12.7 Å². The zero-order valence-corrected chi connectivity index (χ0v) is 26.2. The molecule has 0 saturated heterocycles. The molecule has 2 aromatic rings. The van der Waals surface area contributed by atoms with Crippen molar-refractivity contribution in [1.29, 1.82) is 0 Å². The number of benzene rings is 2. The lowest BCUT2D eigenvalue weighted by atomic mass is 9.71. The average molecular weight is 599 g/mol. The van der Waals surface area contributed by atoms with Gasteiger partial charge >= 0.3 is 0 Å². The van der Waals surface area contributed by atoms with Gasteiger partial charge in [0.25, 0.3) is 0 Å². The van der Waals surface area contributed by atoms with Gasteiger partial charge in [-0.25, -0.2) is 17.6 Å². The molecule has 0 amide bonds. The van der Waals surface area contributed by atoms with Gasteiger partial charge in [0.2, 0.25) is 0 Å². The first kappa shape index (κ1) is 32.3. The molecule has 5 heteroatoms. The van der Waals surface area contributed by atoms with Crippen molar-refractivity contribution in [3.8, 4) is 0 Å². The van der Waals surface area contributed by atoms with E-state index in [1.54, 1.807) is 18.2 Å². The highest BCUT2D eigenvalue weighted by molar-refractivity contribution is 5.67. The van der Waals surface area contributed by atoms with Gasteiger partial charge in [0.15, 0.2) is 23.3 Å². The Labute approximate surface area is 256 Å². The summed E-state index contributed by atoms with van der Waals surface area (Å²) >= 11 is 0. The van der Waals surface area contributed by atoms with Crippen LogP contribution in [0.5, 0.6) is 0 Å². The van der Waals surface area contributed by atoms with Crippen molar-refractivity contribution in [2.75, 3.05) is 6.61 Å². The molecule has 1 nitrogen and oxygen atoms in total. The zero-order chi connectivity index (χ0) is 30.3. The summed E-state index contributed by atoms with van der Waals surface area (Å²) in [4.78, 5) is 0. The maximum absolute atomic E-state index is 14.9. The van der Waals surface area contributed by atoms with Crippen LogP contribution in [0.2, 0.25) is 0 Å². The van der Waals surface area contributed by atoms with Crippen molar-refractivity contribution in [3.05, 3.63) is 75.9 Å². The molecule has 0 aromatic heterocycles. The summed E-state index contributed by atoms with van der Waals surface area (Å²) in [6.07, 6.45) is 17.6. The number of rotatable bonds is 11. The van der Waals surface area contributed by atoms with Gasteiger partial charge in [-0.15, -0.1) is 0 Å². The summed E-state index contributed by atoms with van der Waals surface area (Å²) in [6, 6.07) is 7.11. The molecule has 0 radical (unpaired) electrons. The lowest BCUT2D eigenvalue weighted by Crippen LogP contribution is -2.28. The van der Waals surface area contributed by atoms with Crippen molar-refractivity contribution in [1.82, 2.24) is 0 Å². The topological polar surface area (TPSA) is 9.23 Å². The molecule has 2 saturated carbocycles. The fraction of sp³-hybridized carbons (Fsp3) is 0.632. The third kappa shape index (κ3) is 7.75. The second-order valence-electron chi connectivity index (χ2n) is 13.5. The molecule has 0 heterocycles. The molecule has 1 unspecified atom stereocenters. The summed E-state index contributed by atoms with van der Waals surface area (Å²) in [5, 5.41) is 0. The van der Waals surface area contributed by atoms with Gasteiger partial charge in [-0.2, -0.15) is 0 Å². The van der Waals surface area contributed by atoms with Crippen molar-refractivity contribution in [2.45, 2.75) is 129 Å². The average Bonchev–Trinajstić information content (AvgIpc) is 3.04. The van der Waals surface area contributed by atoms with Crippen LogP contribution in [0.3, 0.4) is 0 Å². The van der Waals surface area contributed by atoms with Crippen LogP contribution in [0.25, 0.3) is 5.57 Å². The van der Waals surface area contributed by atoms with Crippen LogP contribution in [0.1, 0.15) is 132 Å². The number of ether oxygens (including phenoxy) is 1.